The summed E-state index contributed by atoms with van der Waals surface area (Å²) in [4.78, 5) is 24.3. The summed E-state index contributed by atoms with van der Waals surface area (Å²) < 4.78 is 0. The molecular weight excluding hydrogens is 312 g/mol. The summed E-state index contributed by atoms with van der Waals surface area (Å²) in [5, 5.41) is 0. The molecule has 2 heterocycles. The maximum Gasteiger partial charge on any atom is 0.253 e. The molecule has 5 nitrogen and oxygen atoms in total. The number of imidazole rings is 1. The Labute approximate surface area is 146 Å². The first-order valence-electron chi connectivity index (χ1n) is 8.50. The molecule has 3 aromatic rings. The Morgan fingerprint density at radius 2 is 1.64 bits per heavy atom. The van der Waals surface area contributed by atoms with E-state index in [1.54, 1.807) is 12.4 Å². The molecule has 0 bridgehead atoms. The molecule has 1 N–H and O–H groups in total. The van der Waals surface area contributed by atoms with Crippen LogP contribution in [0.5, 0.6) is 0 Å². The molecule has 126 valence electrons. The standard InChI is InChI=1S/C20H20N4O/c25-20(17-8-6-16(7-9-17)19-21-10-11-22-19)24-14-12-23(13-15-24)18-4-2-1-3-5-18/h1-11H,12-15H2,(H,21,22). The van der Waals surface area contributed by atoms with Crippen LogP contribution in [0, 0.1) is 0 Å². The van der Waals surface area contributed by atoms with Crippen LogP contribution in [0.1, 0.15) is 10.4 Å². The quantitative estimate of drug-likeness (QED) is 0.802. The lowest BCUT2D eigenvalue weighted by molar-refractivity contribution is 0.0747. The van der Waals surface area contributed by atoms with Crippen LogP contribution >= 0.6 is 0 Å². The van der Waals surface area contributed by atoms with Crippen LogP contribution in [0.25, 0.3) is 11.4 Å². The minimum absolute atomic E-state index is 0.0960. The summed E-state index contributed by atoms with van der Waals surface area (Å²) in [5.74, 6) is 0.911. The zero-order valence-corrected chi connectivity index (χ0v) is 13.9. The number of carbonyl (C=O) groups excluding carboxylic acids is 1. The van der Waals surface area contributed by atoms with E-state index in [9.17, 15) is 4.79 Å². The van der Waals surface area contributed by atoms with Crippen molar-refractivity contribution in [2.45, 2.75) is 0 Å². The third-order valence-electron chi connectivity index (χ3n) is 4.59. The molecule has 0 radical (unpaired) electrons. The van der Waals surface area contributed by atoms with Gasteiger partial charge in [-0.15, -0.1) is 0 Å². The number of rotatable bonds is 3. The average molecular weight is 332 g/mol. The second kappa shape index (κ2) is 6.81. The third-order valence-corrected chi connectivity index (χ3v) is 4.59. The van der Waals surface area contributed by atoms with Crippen molar-refractivity contribution in [2.75, 3.05) is 31.1 Å². The smallest absolute Gasteiger partial charge is 0.253 e. The minimum Gasteiger partial charge on any atom is -0.368 e. The number of amides is 1. The van der Waals surface area contributed by atoms with E-state index in [2.05, 4.69) is 27.0 Å². The van der Waals surface area contributed by atoms with Crippen molar-refractivity contribution in [2.24, 2.45) is 0 Å². The van der Waals surface area contributed by atoms with Crippen molar-refractivity contribution in [3.63, 3.8) is 0 Å². The molecule has 0 unspecified atom stereocenters. The van der Waals surface area contributed by atoms with Gasteiger partial charge in [0.1, 0.15) is 5.82 Å². The topological polar surface area (TPSA) is 52.2 Å². The fourth-order valence-corrected chi connectivity index (χ4v) is 3.18. The van der Waals surface area contributed by atoms with Crippen molar-refractivity contribution in [1.29, 1.82) is 0 Å². The Morgan fingerprint density at radius 3 is 2.28 bits per heavy atom. The Hall–Kier alpha value is -3.08. The molecular formula is C20H20N4O. The van der Waals surface area contributed by atoms with E-state index in [4.69, 9.17) is 0 Å². The molecule has 2 aromatic carbocycles. The lowest BCUT2D eigenvalue weighted by atomic mass is 10.1. The molecule has 1 saturated heterocycles. The fraction of sp³-hybridized carbons (Fsp3) is 0.200. The zero-order chi connectivity index (χ0) is 17.1. The number of nitrogens with one attached hydrogen (secondary N) is 1. The van der Waals surface area contributed by atoms with Gasteiger partial charge < -0.3 is 14.8 Å². The summed E-state index contributed by atoms with van der Waals surface area (Å²) in [6.45, 7) is 3.21. The first kappa shape index (κ1) is 15.4. The Balaban J connectivity index is 1.40. The number of carbonyl (C=O) groups is 1. The lowest BCUT2D eigenvalue weighted by Crippen LogP contribution is -2.48. The van der Waals surface area contributed by atoms with Gasteiger partial charge in [-0.1, -0.05) is 30.3 Å². The molecule has 25 heavy (non-hydrogen) atoms. The number of piperazine rings is 1. The normalized spacial score (nSPS) is 14.6. The summed E-state index contributed by atoms with van der Waals surface area (Å²) in [7, 11) is 0. The van der Waals surface area contributed by atoms with E-state index >= 15 is 0 Å². The predicted octanol–water partition coefficient (Wildman–Crippen LogP) is 3.04. The molecule has 1 aliphatic heterocycles. The zero-order valence-electron chi connectivity index (χ0n) is 13.9. The number of anilines is 1. The molecule has 1 fully saturated rings. The first-order valence-corrected chi connectivity index (χ1v) is 8.50. The van der Waals surface area contributed by atoms with Gasteiger partial charge in [0.25, 0.3) is 5.91 Å². The van der Waals surface area contributed by atoms with Crippen LogP contribution in [-0.2, 0) is 0 Å². The lowest BCUT2D eigenvalue weighted by Gasteiger charge is -2.36. The van der Waals surface area contributed by atoms with Gasteiger partial charge in [-0.05, 0) is 24.3 Å². The van der Waals surface area contributed by atoms with E-state index in [1.165, 1.54) is 5.69 Å². The average Bonchev–Trinajstić information content (AvgIpc) is 3.23. The monoisotopic (exact) mass is 332 g/mol. The highest BCUT2D eigenvalue weighted by Crippen LogP contribution is 2.19. The van der Waals surface area contributed by atoms with E-state index in [-0.39, 0.29) is 5.91 Å². The highest BCUT2D eigenvalue weighted by Gasteiger charge is 2.22. The van der Waals surface area contributed by atoms with Gasteiger partial charge in [0.15, 0.2) is 0 Å². The van der Waals surface area contributed by atoms with E-state index in [1.807, 2.05) is 47.4 Å². The second-order valence-electron chi connectivity index (χ2n) is 6.13. The summed E-state index contributed by atoms with van der Waals surface area (Å²) >= 11 is 0. The number of benzene rings is 2. The van der Waals surface area contributed by atoms with Gasteiger partial charge in [0.05, 0.1) is 0 Å². The van der Waals surface area contributed by atoms with Gasteiger partial charge >= 0.3 is 0 Å². The minimum atomic E-state index is 0.0960. The van der Waals surface area contributed by atoms with Gasteiger partial charge in [-0.2, -0.15) is 0 Å². The number of nitrogens with zero attached hydrogens (tertiary/aromatic N) is 3. The number of hydrogen-bond donors (Lipinski definition) is 1. The van der Waals surface area contributed by atoms with Crippen LogP contribution in [-0.4, -0.2) is 47.0 Å². The summed E-state index contributed by atoms with van der Waals surface area (Å²) in [5.41, 5.74) is 2.93. The predicted molar refractivity (Wildman–Crippen MR) is 98.6 cm³/mol. The highest BCUT2D eigenvalue weighted by molar-refractivity contribution is 5.94. The highest BCUT2D eigenvalue weighted by atomic mass is 16.2. The van der Waals surface area contributed by atoms with Gasteiger partial charge in [-0.25, -0.2) is 4.98 Å². The van der Waals surface area contributed by atoms with Crippen LogP contribution < -0.4 is 4.90 Å². The van der Waals surface area contributed by atoms with Gasteiger partial charge in [-0.3, -0.25) is 4.79 Å². The molecule has 0 spiro atoms. The SMILES string of the molecule is O=C(c1ccc(-c2ncc[nH]2)cc1)N1CCN(c2ccccc2)CC1. The van der Waals surface area contributed by atoms with E-state index < -0.39 is 0 Å². The largest absolute Gasteiger partial charge is 0.368 e. The number of aromatic nitrogens is 2. The maximum atomic E-state index is 12.7. The van der Waals surface area contributed by atoms with Crippen LogP contribution in [0.2, 0.25) is 0 Å². The van der Waals surface area contributed by atoms with Gasteiger partial charge in [0.2, 0.25) is 0 Å². The molecule has 1 amide bonds. The van der Waals surface area contributed by atoms with Crippen molar-refractivity contribution in [1.82, 2.24) is 14.9 Å². The molecule has 0 atom stereocenters. The van der Waals surface area contributed by atoms with Crippen molar-refractivity contribution >= 4 is 11.6 Å². The molecule has 1 aliphatic rings. The van der Waals surface area contributed by atoms with Crippen molar-refractivity contribution in [3.8, 4) is 11.4 Å². The van der Waals surface area contributed by atoms with Gasteiger partial charge in [0, 0.05) is 55.4 Å². The van der Waals surface area contributed by atoms with E-state index in [0.29, 0.717) is 0 Å². The molecule has 4 rings (SSSR count). The molecule has 1 aromatic heterocycles. The Kier molecular flexibility index (Phi) is 4.21. The first-order chi connectivity index (χ1) is 12.3. The molecule has 0 aliphatic carbocycles. The number of H-pyrrole nitrogens is 1. The summed E-state index contributed by atoms with van der Waals surface area (Å²) in [6, 6.07) is 18.0. The molecule has 5 heteroatoms. The third kappa shape index (κ3) is 3.26. The Bertz CT molecular complexity index is 820. The fourth-order valence-electron chi connectivity index (χ4n) is 3.18. The number of hydrogen-bond acceptors (Lipinski definition) is 3. The second-order valence-corrected chi connectivity index (χ2v) is 6.13. The Morgan fingerprint density at radius 1 is 0.920 bits per heavy atom. The van der Waals surface area contributed by atoms with Crippen LogP contribution in [0.3, 0.4) is 0 Å². The number of aromatic amines is 1. The molecule has 0 saturated carbocycles. The van der Waals surface area contributed by atoms with Crippen molar-refractivity contribution < 1.29 is 4.79 Å². The van der Waals surface area contributed by atoms with E-state index in [0.717, 1.165) is 43.1 Å². The van der Waals surface area contributed by atoms with Crippen LogP contribution in [0.4, 0.5) is 5.69 Å². The van der Waals surface area contributed by atoms with Crippen molar-refractivity contribution in [3.05, 3.63) is 72.6 Å². The summed E-state index contributed by atoms with van der Waals surface area (Å²) in [6.07, 6.45) is 3.52. The maximum absolute atomic E-state index is 12.7. The van der Waals surface area contributed by atoms with Crippen LogP contribution in [0.15, 0.2) is 67.0 Å². The number of para-hydroxylation sites is 1.